The van der Waals surface area contributed by atoms with Gasteiger partial charge >= 0.3 is 6.18 Å². The number of fused-ring (bicyclic) bond motifs is 1. The van der Waals surface area contributed by atoms with Crippen molar-refractivity contribution in [2.24, 2.45) is 5.92 Å². The number of nitrogens with one attached hydrogen (secondary N) is 1. The van der Waals surface area contributed by atoms with Crippen LogP contribution in [0.15, 0.2) is 42.6 Å². The highest BCUT2D eigenvalue weighted by molar-refractivity contribution is 7.19. The van der Waals surface area contributed by atoms with E-state index in [-0.39, 0.29) is 18.4 Å². The fraction of sp³-hybridized carbons (Fsp3) is 0.364. The minimum atomic E-state index is -4.39. The minimum absolute atomic E-state index is 0.0802. The average molecular weight is 433 g/mol. The third-order valence-electron chi connectivity index (χ3n) is 5.36. The molecule has 1 aromatic carbocycles. The molecule has 4 rings (SSSR count). The first kappa shape index (κ1) is 20.7. The fourth-order valence-corrected chi connectivity index (χ4v) is 4.82. The van der Waals surface area contributed by atoms with Crippen LogP contribution in [-0.2, 0) is 17.5 Å². The van der Waals surface area contributed by atoms with Gasteiger partial charge in [0.1, 0.15) is 5.82 Å². The summed E-state index contributed by atoms with van der Waals surface area (Å²) in [4.78, 5) is 20.6. The highest BCUT2D eigenvalue weighted by atomic mass is 32.1. The first-order chi connectivity index (χ1) is 14.3. The number of aromatic nitrogens is 1. The van der Waals surface area contributed by atoms with E-state index in [1.165, 1.54) is 15.6 Å². The van der Waals surface area contributed by atoms with E-state index in [4.69, 9.17) is 0 Å². The largest absolute Gasteiger partial charge is 0.416 e. The summed E-state index contributed by atoms with van der Waals surface area (Å²) < 4.78 is 39.8. The van der Waals surface area contributed by atoms with E-state index in [1.807, 2.05) is 6.07 Å². The Morgan fingerprint density at radius 3 is 2.93 bits per heavy atom. The topological polar surface area (TPSA) is 45.2 Å². The maximum absolute atomic E-state index is 12.9. The minimum Gasteiger partial charge on any atom is -0.355 e. The summed E-state index contributed by atoms with van der Waals surface area (Å²) in [5, 5.41) is 3.91. The molecule has 158 valence electrons. The lowest BCUT2D eigenvalue weighted by Gasteiger charge is -2.33. The molecule has 0 spiro atoms. The Morgan fingerprint density at radius 2 is 2.13 bits per heavy atom. The Morgan fingerprint density at radius 1 is 1.30 bits per heavy atom. The number of nitrogens with zero attached hydrogens (tertiary/aromatic N) is 2. The molecule has 4 nitrogen and oxygen atoms in total. The Bertz CT molecular complexity index is 1060. The van der Waals surface area contributed by atoms with Crippen molar-refractivity contribution in [1.82, 2.24) is 10.3 Å². The molecule has 0 bridgehead atoms. The second-order valence-electron chi connectivity index (χ2n) is 7.60. The van der Waals surface area contributed by atoms with E-state index >= 15 is 0 Å². The molecule has 0 aliphatic carbocycles. The lowest BCUT2D eigenvalue weighted by atomic mass is 9.96. The van der Waals surface area contributed by atoms with Crippen LogP contribution in [0.2, 0.25) is 0 Å². The third kappa shape index (κ3) is 4.43. The van der Waals surface area contributed by atoms with Gasteiger partial charge in [-0.1, -0.05) is 12.1 Å². The number of anilines is 1. The molecule has 1 aliphatic heterocycles. The number of amides is 1. The maximum Gasteiger partial charge on any atom is 0.416 e. The van der Waals surface area contributed by atoms with Crippen LogP contribution in [0.3, 0.4) is 0 Å². The van der Waals surface area contributed by atoms with E-state index < -0.39 is 11.7 Å². The second-order valence-corrected chi connectivity index (χ2v) is 8.89. The van der Waals surface area contributed by atoms with Crippen LogP contribution in [0.1, 0.15) is 28.8 Å². The molecular formula is C22H22F3N3OS. The molecule has 1 aliphatic rings. The number of carbonyl (C=O) groups is 1. The van der Waals surface area contributed by atoms with Gasteiger partial charge in [0.25, 0.3) is 0 Å². The first-order valence-electron chi connectivity index (χ1n) is 9.85. The molecule has 1 atom stereocenters. The maximum atomic E-state index is 12.9. The van der Waals surface area contributed by atoms with Gasteiger partial charge in [-0.15, -0.1) is 11.3 Å². The smallest absolute Gasteiger partial charge is 0.355 e. The zero-order valence-electron chi connectivity index (χ0n) is 16.5. The Labute approximate surface area is 176 Å². The van der Waals surface area contributed by atoms with Gasteiger partial charge < -0.3 is 10.2 Å². The number of pyridine rings is 1. The zero-order chi connectivity index (χ0) is 21.3. The van der Waals surface area contributed by atoms with Crippen LogP contribution < -0.4 is 10.2 Å². The lowest BCUT2D eigenvalue weighted by Crippen LogP contribution is -2.43. The quantitative estimate of drug-likeness (QED) is 0.619. The van der Waals surface area contributed by atoms with Crippen LogP contribution in [0.4, 0.5) is 19.0 Å². The molecule has 1 saturated heterocycles. The zero-order valence-corrected chi connectivity index (χ0v) is 17.3. The van der Waals surface area contributed by atoms with Gasteiger partial charge in [-0.3, -0.25) is 4.79 Å². The summed E-state index contributed by atoms with van der Waals surface area (Å²) in [5.74, 6) is 0.541. The Balaban J connectivity index is 1.43. The van der Waals surface area contributed by atoms with Gasteiger partial charge in [0.05, 0.1) is 11.5 Å². The normalized spacial score (nSPS) is 17.3. The summed E-state index contributed by atoms with van der Waals surface area (Å²) in [6, 6.07) is 9.19. The number of rotatable bonds is 4. The van der Waals surface area contributed by atoms with Crippen molar-refractivity contribution < 1.29 is 18.0 Å². The van der Waals surface area contributed by atoms with Crippen molar-refractivity contribution in [1.29, 1.82) is 0 Å². The van der Waals surface area contributed by atoms with Crippen molar-refractivity contribution in [3.05, 3.63) is 58.6 Å². The molecule has 0 radical (unpaired) electrons. The number of aryl methyl sites for hydroxylation is 1. The van der Waals surface area contributed by atoms with E-state index in [1.54, 1.807) is 23.6 Å². The van der Waals surface area contributed by atoms with Gasteiger partial charge in [-0.25, -0.2) is 4.98 Å². The summed E-state index contributed by atoms with van der Waals surface area (Å²) in [7, 11) is 0. The van der Waals surface area contributed by atoms with Gasteiger partial charge in [-0.2, -0.15) is 13.2 Å². The molecule has 8 heteroatoms. The van der Waals surface area contributed by atoms with Crippen molar-refractivity contribution >= 4 is 33.1 Å². The first-order valence-corrected chi connectivity index (χ1v) is 10.7. The molecular weight excluding hydrogens is 411 g/mol. The molecule has 1 N–H and O–H groups in total. The second kappa shape index (κ2) is 8.26. The fourth-order valence-electron chi connectivity index (χ4n) is 3.90. The van der Waals surface area contributed by atoms with Crippen molar-refractivity contribution in [3.63, 3.8) is 0 Å². The molecule has 3 heterocycles. The van der Waals surface area contributed by atoms with Gasteiger partial charge in [0, 0.05) is 40.8 Å². The predicted octanol–water partition coefficient (Wildman–Crippen LogP) is 5.16. The molecule has 2 aromatic heterocycles. The van der Waals surface area contributed by atoms with E-state index in [0.29, 0.717) is 12.1 Å². The van der Waals surface area contributed by atoms with Crippen LogP contribution in [-0.4, -0.2) is 24.0 Å². The number of halogens is 3. The highest BCUT2D eigenvalue weighted by Crippen LogP contribution is 2.33. The molecule has 30 heavy (non-hydrogen) atoms. The number of hydrogen-bond donors (Lipinski definition) is 1. The number of hydrogen-bond acceptors (Lipinski definition) is 4. The number of piperidine rings is 1. The molecule has 0 saturated carbocycles. The highest BCUT2D eigenvalue weighted by Gasteiger charge is 2.31. The summed E-state index contributed by atoms with van der Waals surface area (Å²) in [6.45, 7) is 3.53. The SMILES string of the molecule is Cc1cc2c(N3CCC[C@@H](C(=O)NCc4cccc(C(F)(F)F)c4)C3)nccc2s1. The van der Waals surface area contributed by atoms with Crippen LogP contribution in [0.5, 0.6) is 0 Å². The number of benzene rings is 1. The predicted molar refractivity (Wildman–Crippen MR) is 113 cm³/mol. The monoisotopic (exact) mass is 433 g/mol. The Kier molecular flexibility index (Phi) is 5.69. The van der Waals surface area contributed by atoms with Gasteiger partial charge in [0.2, 0.25) is 5.91 Å². The van der Waals surface area contributed by atoms with Gasteiger partial charge in [-0.05, 0) is 49.6 Å². The van der Waals surface area contributed by atoms with Crippen molar-refractivity contribution in [2.75, 3.05) is 18.0 Å². The number of alkyl halides is 3. The molecule has 1 amide bonds. The third-order valence-corrected chi connectivity index (χ3v) is 6.38. The summed E-state index contributed by atoms with van der Waals surface area (Å²) in [5.41, 5.74) is -0.269. The van der Waals surface area contributed by atoms with Crippen LogP contribution in [0.25, 0.3) is 10.1 Å². The van der Waals surface area contributed by atoms with Crippen LogP contribution >= 0.6 is 11.3 Å². The van der Waals surface area contributed by atoms with E-state index in [2.05, 4.69) is 28.2 Å². The van der Waals surface area contributed by atoms with E-state index in [9.17, 15) is 18.0 Å². The summed E-state index contributed by atoms with van der Waals surface area (Å²) in [6.07, 6.45) is -0.977. The Hall–Kier alpha value is -2.61. The van der Waals surface area contributed by atoms with Crippen molar-refractivity contribution in [2.45, 2.75) is 32.5 Å². The van der Waals surface area contributed by atoms with Crippen LogP contribution in [0, 0.1) is 12.8 Å². The molecule has 1 fully saturated rings. The molecule has 3 aromatic rings. The number of carbonyl (C=O) groups excluding carboxylic acids is 1. The number of thiophene rings is 1. The average Bonchev–Trinajstić information content (AvgIpc) is 3.12. The summed E-state index contributed by atoms with van der Waals surface area (Å²) >= 11 is 1.72. The van der Waals surface area contributed by atoms with E-state index in [0.717, 1.165) is 42.7 Å². The lowest BCUT2D eigenvalue weighted by molar-refractivity contribution is -0.137. The van der Waals surface area contributed by atoms with Gasteiger partial charge in [0.15, 0.2) is 0 Å². The molecule has 0 unspecified atom stereocenters. The van der Waals surface area contributed by atoms with Crippen molar-refractivity contribution in [3.8, 4) is 0 Å². The standard InChI is InChI=1S/C22H22F3N3OS/c1-14-10-18-19(30-14)7-8-26-20(18)28-9-3-5-16(13-28)21(29)27-12-15-4-2-6-17(11-15)22(23,24)25/h2,4,6-8,10-11,16H,3,5,9,12-13H2,1H3,(H,27,29)/t16-/m1/s1.